The molecule has 1 aromatic carbocycles. The van der Waals surface area contributed by atoms with Gasteiger partial charge in [-0.25, -0.2) is 0 Å². The molecule has 0 spiro atoms. The van der Waals surface area contributed by atoms with Crippen LogP contribution in [0, 0.1) is 17.2 Å². The average molecular weight is 258 g/mol. The number of hydrogen-bond donors (Lipinski definition) is 1. The van der Waals surface area contributed by atoms with Crippen LogP contribution in [0.4, 0.5) is 0 Å². The Hall–Kier alpha value is -2.02. The van der Waals surface area contributed by atoms with E-state index in [1.54, 1.807) is 0 Å². The van der Waals surface area contributed by atoms with Crippen LogP contribution in [-0.2, 0) is 11.2 Å². The summed E-state index contributed by atoms with van der Waals surface area (Å²) in [5.74, 6) is -0.0106. The Bertz CT molecular complexity index is 489. The Kier molecular flexibility index (Phi) is 4.40. The molecule has 1 N–H and O–H groups in total. The van der Waals surface area contributed by atoms with Gasteiger partial charge < -0.3 is 10.1 Å². The quantitative estimate of drug-likeness (QED) is 0.849. The Morgan fingerprint density at radius 2 is 2.37 bits per heavy atom. The molecule has 0 aromatic heterocycles. The van der Waals surface area contributed by atoms with Crippen LogP contribution in [0.3, 0.4) is 0 Å². The largest absolute Gasteiger partial charge is 0.494 e. The first-order valence-corrected chi connectivity index (χ1v) is 6.64. The van der Waals surface area contributed by atoms with E-state index >= 15 is 0 Å². The molecule has 4 heteroatoms. The van der Waals surface area contributed by atoms with Gasteiger partial charge in [0, 0.05) is 6.04 Å². The van der Waals surface area contributed by atoms with Crippen molar-refractivity contribution in [2.24, 2.45) is 5.92 Å². The molecule has 1 aromatic rings. The number of carbonyl (C=O) groups is 1. The van der Waals surface area contributed by atoms with Gasteiger partial charge in [0.2, 0.25) is 5.91 Å². The van der Waals surface area contributed by atoms with E-state index in [1.165, 1.54) is 0 Å². The lowest BCUT2D eigenvalue weighted by Gasteiger charge is -2.10. The van der Waals surface area contributed by atoms with Crippen molar-refractivity contribution in [1.29, 1.82) is 5.26 Å². The average Bonchev–Trinajstić information content (AvgIpc) is 3.20. The highest BCUT2D eigenvalue weighted by molar-refractivity contribution is 5.81. The summed E-state index contributed by atoms with van der Waals surface area (Å²) in [6.07, 6.45) is 2.49. The predicted molar refractivity (Wildman–Crippen MR) is 71.6 cm³/mol. The monoisotopic (exact) mass is 258 g/mol. The third-order valence-corrected chi connectivity index (χ3v) is 3.05. The summed E-state index contributed by atoms with van der Waals surface area (Å²) in [4.78, 5) is 11.9. The lowest BCUT2D eigenvalue weighted by Crippen LogP contribution is -2.32. The van der Waals surface area contributed by atoms with Gasteiger partial charge in [-0.15, -0.1) is 0 Å². The molecule has 1 saturated carbocycles. The van der Waals surface area contributed by atoms with Gasteiger partial charge in [0.25, 0.3) is 0 Å². The van der Waals surface area contributed by atoms with Crippen molar-refractivity contribution in [1.82, 2.24) is 5.32 Å². The number of hydrogen-bond acceptors (Lipinski definition) is 3. The molecular weight excluding hydrogens is 240 g/mol. The number of ether oxygens (including phenoxy) is 1. The highest BCUT2D eigenvalue weighted by Crippen LogP contribution is 2.21. The Morgan fingerprint density at radius 3 is 3.00 bits per heavy atom. The normalized spacial score (nSPS) is 15.4. The summed E-state index contributed by atoms with van der Waals surface area (Å²) in [7, 11) is 0. The van der Waals surface area contributed by atoms with Crippen LogP contribution in [0.15, 0.2) is 24.3 Å². The summed E-state index contributed by atoms with van der Waals surface area (Å²) >= 11 is 0. The number of benzene rings is 1. The minimum absolute atomic E-state index is 0.160. The second kappa shape index (κ2) is 6.24. The first kappa shape index (κ1) is 13.4. The van der Waals surface area contributed by atoms with E-state index in [0.717, 1.165) is 24.2 Å². The van der Waals surface area contributed by atoms with E-state index in [-0.39, 0.29) is 11.9 Å². The van der Waals surface area contributed by atoms with Crippen LogP contribution in [0.25, 0.3) is 0 Å². The number of nitrogens with one attached hydrogen (secondary N) is 1. The highest BCUT2D eigenvalue weighted by atomic mass is 16.5. The molecule has 0 heterocycles. The van der Waals surface area contributed by atoms with E-state index in [4.69, 9.17) is 10.00 Å². The third-order valence-electron chi connectivity index (χ3n) is 3.05. The van der Waals surface area contributed by atoms with Crippen molar-refractivity contribution >= 4 is 5.91 Å². The molecule has 1 aliphatic rings. The number of amides is 1. The van der Waals surface area contributed by atoms with Crippen molar-refractivity contribution in [3.8, 4) is 11.8 Å². The molecule has 1 aliphatic carbocycles. The molecule has 19 heavy (non-hydrogen) atoms. The Labute approximate surface area is 113 Å². The fraction of sp³-hybridized carbons (Fsp3) is 0.467. The Balaban J connectivity index is 1.98. The predicted octanol–water partition coefficient (Wildman–Crippen LogP) is 2.05. The van der Waals surface area contributed by atoms with E-state index in [1.807, 2.05) is 31.2 Å². The number of carbonyl (C=O) groups excluding carboxylic acids is 1. The van der Waals surface area contributed by atoms with Crippen LogP contribution in [-0.4, -0.2) is 18.6 Å². The maximum Gasteiger partial charge on any atom is 0.237 e. The molecule has 1 unspecified atom stereocenters. The molecule has 0 bridgehead atoms. The van der Waals surface area contributed by atoms with Crippen molar-refractivity contribution in [3.63, 3.8) is 0 Å². The molecule has 1 atom stereocenters. The third kappa shape index (κ3) is 3.99. The van der Waals surface area contributed by atoms with E-state index in [2.05, 4.69) is 11.4 Å². The zero-order chi connectivity index (χ0) is 13.7. The second-order valence-corrected chi connectivity index (χ2v) is 4.75. The van der Waals surface area contributed by atoms with Crippen LogP contribution in [0.1, 0.15) is 25.3 Å². The molecule has 100 valence electrons. The number of nitrogens with zero attached hydrogens (tertiary/aromatic N) is 1. The van der Waals surface area contributed by atoms with Gasteiger partial charge in [-0.05, 0) is 43.9 Å². The van der Waals surface area contributed by atoms with Gasteiger partial charge in [0.05, 0.1) is 12.7 Å². The molecule has 2 rings (SSSR count). The van der Waals surface area contributed by atoms with Gasteiger partial charge in [0.15, 0.2) is 0 Å². The number of nitriles is 1. The zero-order valence-corrected chi connectivity index (χ0v) is 11.1. The van der Waals surface area contributed by atoms with E-state index in [0.29, 0.717) is 13.0 Å². The van der Waals surface area contributed by atoms with Crippen LogP contribution >= 0.6 is 0 Å². The minimum Gasteiger partial charge on any atom is -0.494 e. The molecule has 0 radical (unpaired) electrons. The van der Waals surface area contributed by atoms with Gasteiger partial charge in [0.1, 0.15) is 11.7 Å². The van der Waals surface area contributed by atoms with Gasteiger partial charge in [-0.1, -0.05) is 12.1 Å². The second-order valence-electron chi connectivity index (χ2n) is 4.75. The summed E-state index contributed by atoms with van der Waals surface area (Å²) < 4.78 is 5.41. The van der Waals surface area contributed by atoms with E-state index in [9.17, 15) is 4.79 Å². The number of rotatable bonds is 6. The van der Waals surface area contributed by atoms with Gasteiger partial charge in [-0.2, -0.15) is 5.26 Å². The molecule has 0 saturated heterocycles. The van der Waals surface area contributed by atoms with Crippen molar-refractivity contribution in [3.05, 3.63) is 29.8 Å². The standard InChI is InChI=1S/C15H18N2O2/c1-2-19-14-5-3-4-11(9-14)8-12(10-16)15(18)17-13-6-7-13/h3-5,9,12-13H,2,6-8H2,1H3,(H,17,18). The molecule has 1 amide bonds. The zero-order valence-electron chi connectivity index (χ0n) is 11.1. The fourth-order valence-electron chi connectivity index (χ4n) is 1.89. The summed E-state index contributed by atoms with van der Waals surface area (Å²) in [6.45, 7) is 2.53. The first-order valence-electron chi connectivity index (χ1n) is 6.64. The SMILES string of the molecule is CCOc1cccc(CC(C#N)C(=O)NC2CC2)c1. The van der Waals surface area contributed by atoms with Gasteiger partial charge >= 0.3 is 0 Å². The van der Waals surface area contributed by atoms with Crippen molar-refractivity contribution < 1.29 is 9.53 Å². The van der Waals surface area contributed by atoms with E-state index < -0.39 is 5.92 Å². The highest BCUT2D eigenvalue weighted by Gasteiger charge is 2.27. The topological polar surface area (TPSA) is 62.1 Å². The van der Waals surface area contributed by atoms with Crippen LogP contribution in [0.2, 0.25) is 0 Å². The lowest BCUT2D eigenvalue weighted by atomic mass is 9.99. The molecule has 0 aliphatic heterocycles. The smallest absolute Gasteiger partial charge is 0.237 e. The first-order chi connectivity index (χ1) is 9.22. The van der Waals surface area contributed by atoms with Gasteiger partial charge in [-0.3, -0.25) is 4.79 Å². The summed E-state index contributed by atoms with van der Waals surface area (Å²) in [5, 5.41) is 12.0. The molecular formula is C15H18N2O2. The fourth-order valence-corrected chi connectivity index (χ4v) is 1.89. The lowest BCUT2D eigenvalue weighted by molar-refractivity contribution is -0.123. The maximum absolute atomic E-state index is 11.9. The van der Waals surface area contributed by atoms with Crippen molar-refractivity contribution in [2.45, 2.75) is 32.2 Å². The summed E-state index contributed by atoms with van der Waals surface area (Å²) in [6, 6.07) is 9.93. The Morgan fingerprint density at radius 1 is 1.58 bits per heavy atom. The minimum atomic E-state index is -0.627. The van der Waals surface area contributed by atoms with Crippen LogP contribution < -0.4 is 10.1 Å². The molecule has 1 fully saturated rings. The maximum atomic E-state index is 11.9. The molecule has 4 nitrogen and oxygen atoms in total. The van der Waals surface area contributed by atoms with Crippen LogP contribution in [0.5, 0.6) is 5.75 Å². The summed E-state index contributed by atoms with van der Waals surface area (Å²) in [5.41, 5.74) is 0.948. The van der Waals surface area contributed by atoms with Crippen molar-refractivity contribution in [2.75, 3.05) is 6.61 Å².